The molecule has 0 aliphatic rings. The van der Waals surface area contributed by atoms with Gasteiger partial charge in [0.2, 0.25) is 5.91 Å². The second-order valence-electron chi connectivity index (χ2n) is 5.25. The van der Waals surface area contributed by atoms with Crippen LogP contribution in [0.15, 0.2) is 54.6 Å². The summed E-state index contributed by atoms with van der Waals surface area (Å²) in [6, 6.07) is 13.9. The van der Waals surface area contributed by atoms with Gasteiger partial charge in [-0.15, -0.1) is 0 Å². The number of benzene rings is 2. The van der Waals surface area contributed by atoms with Crippen LogP contribution < -0.4 is 27.0 Å². The molecule has 0 saturated carbocycles. The van der Waals surface area contributed by atoms with Gasteiger partial charge in [0.15, 0.2) is 0 Å². The molecule has 5 amide bonds. The minimum atomic E-state index is -0.911. The van der Waals surface area contributed by atoms with E-state index in [1.54, 1.807) is 43.3 Å². The van der Waals surface area contributed by atoms with Crippen molar-refractivity contribution in [1.82, 2.24) is 5.32 Å². The molecule has 0 saturated heterocycles. The van der Waals surface area contributed by atoms with Crippen molar-refractivity contribution in [3.63, 3.8) is 0 Å². The van der Waals surface area contributed by atoms with Crippen LogP contribution >= 0.6 is 0 Å². The number of hydrogen-bond acceptors (Lipinski definition) is 4. The van der Waals surface area contributed by atoms with Crippen LogP contribution in [0.25, 0.3) is 0 Å². The van der Waals surface area contributed by atoms with Crippen molar-refractivity contribution in [3.8, 4) is 0 Å². The highest BCUT2D eigenvalue weighted by Gasteiger charge is 2.14. The number of carbonyl (C=O) groups is 3. The third-order valence-corrected chi connectivity index (χ3v) is 3.17. The van der Waals surface area contributed by atoms with Gasteiger partial charge in [-0.05, 0) is 37.3 Å². The summed E-state index contributed by atoms with van der Waals surface area (Å²) in [4.78, 5) is 34.4. The second kappa shape index (κ2) is 8.34. The molecule has 6 N–H and O–H groups in total. The minimum Gasteiger partial charge on any atom is -0.374 e. The highest BCUT2D eigenvalue weighted by molar-refractivity contribution is 6.00. The first-order valence-electron chi connectivity index (χ1n) is 7.54. The lowest BCUT2D eigenvalue weighted by molar-refractivity contribution is -0.120. The maximum Gasteiger partial charge on any atom is 0.323 e. The molecule has 0 heterocycles. The summed E-state index contributed by atoms with van der Waals surface area (Å²) < 4.78 is 0. The highest BCUT2D eigenvalue weighted by Crippen LogP contribution is 2.16. The summed E-state index contributed by atoms with van der Waals surface area (Å²) in [5.74, 6) is -0.548. The zero-order chi connectivity index (χ0) is 18.2. The van der Waals surface area contributed by atoms with E-state index in [0.29, 0.717) is 17.1 Å². The molecule has 130 valence electrons. The lowest BCUT2D eigenvalue weighted by Crippen LogP contribution is -2.43. The first-order valence-corrected chi connectivity index (χ1v) is 7.54. The average Bonchev–Trinajstić information content (AvgIpc) is 2.55. The monoisotopic (exact) mass is 341 g/mol. The molecule has 8 heteroatoms. The van der Waals surface area contributed by atoms with E-state index in [9.17, 15) is 14.4 Å². The Kier molecular flexibility index (Phi) is 5.94. The molecule has 0 bridgehead atoms. The van der Waals surface area contributed by atoms with Gasteiger partial charge in [-0.2, -0.15) is 0 Å². The molecular weight excluding hydrogens is 322 g/mol. The van der Waals surface area contributed by atoms with Crippen LogP contribution in [0.5, 0.6) is 0 Å². The van der Waals surface area contributed by atoms with Gasteiger partial charge in [-0.25, -0.2) is 9.59 Å². The van der Waals surface area contributed by atoms with Crippen molar-refractivity contribution in [3.05, 3.63) is 54.6 Å². The number of nitrogens with two attached hydrogens (primary N) is 1. The SMILES string of the molecule is C[C@H](Nc1cccc(NC(=O)Nc2ccccc2)c1)C(=O)NC(N)=O. The Morgan fingerprint density at radius 3 is 2.16 bits per heavy atom. The van der Waals surface area contributed by atoms with Crippen LogP contribution in [0, 0.1) is 0 Å². The maximum absolute atomic E-state index is 12.0. The van der Waals surface area contributed by atoms with Crippen molar-refractivity contribution in [2.24, 2.45) is 5.73 Å². The summed E-state index contributed by atoms with van der Waals surface area (Å²) >= 11 is 0. The Hall–Kier alpha value is -3.55. The first kappa shape index (κ1) is 17.8. The molecule has 0 radical (unpaired) electrons. The molecule has 0 aliphatic carbocycles. The predicted molar refractivity (Wildman–Crippen MR) is 96.3 cm³/mol. The second-order valence-corrected chi connectivity index (χ2v) is 5.25. The molecule has 0 aliphatic heterocycles. The lowest BCUT2D eigenvalue weighted by atomic mass is 10.2. The number of rotatable bonds is 5. The van der Waals surface area contributed by atoms with Crippen LogP contribution in [0.1, 0.15) is 6.92 Å². The molecule has 25 heavy (non-hydrogen) atoms. The number of para-hydroxylation sites is 1. The Balaban J connectivity index is 1.95. The van der Waals surface area contributed by atoms with Gasteiger partial charge in [0.05, 0.1) is 0 Å². The Labute approximate surface area is 144 Å². The molecule has 0 spiro atoms. The number of hydrogen-bond donors (Lipinski definition) is 5. The number of carbonyl (C=O) groups excluding carboxylic acids is 3. The number of urea groups is 2. The van der Waals surface area contributed by atoms with Gasteiger partial charge in [-0.3, -0.25) is 10.1 Å². The van der Waals surface area contributed by atoms with Crippen molar-refractivity contribution < 1.29 is 14.4 Å². The summed E-state index contributed by atoms with van der Waals surface area (Å²) in [5, 5.41) is 10.3. The zero-order valence-corrected chi connectivity index (χ0v) is 13.6. The summed E-state index contributed by atoms with van der Waals surface area (Å²) in [5.41, 5.74) is 6.73. The van der Waals surface area contributed by atoms with Crippen molar-refractivity contribution >= 4 is 35.0 Å². The fourth-order valence-electron chi connectivity index (χ4n) is 2.05. The number of primary amides is 1. The van der Waals surface area contributed by atoms with E-state index in [2.05, 4.69) is 16.0 Å². The molecule has 2 aromatic rings. The van der Waals surface area contributed by atoms with Gasteiger partial charge in [-0.1, -0.05) is 24.3 Å². The molecule has 1 atom stereocenters. The van der Waals surface area contributed by atoms with Gasteiger partial charge < -0.3 is 21.7 Å². The zero-order valence-electron chi connectivity index (χ0n) is 13.6. The van der Waals surface area contributed by atoms with E-state index >= 15 is 0 Å². The Bertz CT molecular complexity index is 764. The summed E-state index contributed by atoms with van der Waals surface area (Å²) in [6.45, 7) is 1.58. The van der Waals surface area contributed by atoms with E-state index in [1.165, 1.54) is 0 Å². The van der Waals surface area contributed by atoms with Crippen LogP contribution in [0.2, 0.25) is 0 Å². The fraction of sp³-hybridized carbons (Fsp3) is 0.118. The smallest absolute Gasteiger partial charge is 0.323 e. The van der Waals surface area contributed by atoms with Gasteiger partial charge in [0.25, 0.3) is 0 Å². The summed E-state index contributed by atoms with van der Waals surface area (Å²) in [7, 11) is 0. The standard InChI is InChI=1S/C17H19N5O3/c1-11(15(23)22-16(18)24)19-13-8-5-9-14(10-13)21-17(25)20-12-6-3-2-4-7-12/h2-11,19H,1H3,(H2,20,21,25)(H3,18,22,23,24)/t11-/m0/s1. The van der Waals surface area contributed by atoms with Crippen molar-refractivity contribution in [1.29, 1.82) is 0 Å². The third kappa shape index (κ3) is 5.87. The Morgan fingerprint density at radius 1 is 0.880 bits per heavy atom. The van der Waals surface area contributed by atoms with Crippen LogP contribution in [0.4, 0.5) is 26.7 Å². The first-order chi connectivity index (χ1) is 11.9. The van der Waals surface area contributed by atoms with Crippen LogP contribution in [-0.4, -0.2) is 24.0 Å². The average molecular weight is 341 g/mol. The van der Waals surface area contributed by atoms with Crippen molar-refractivity contribution in [2.45, 2.75) is 13.0 Å². The molecule has 0 fully saturated rings. The molecule has 8 nitrogen and oxygen atoms in total. The van der Waals surface area contributed by atoms with Crippen LogP contribution in [0.3, 0.4) is 0 Å². The molecule has 2 aromatic carbocycles. The normalized spacial score (nSPS) is 11.1. The molecule has 2 rings (SSSR count). The van der Waals surface area contributed by atoms with E-state index in [1.807, 2.05) is 23.5 Å². The van der Waals surface area contributed by atoms with Gasteiger partial charge in [0, 0.05) is 17.1 Å². The number of amides is 5. The number of anilines is 3. The lowest BCUT2D eigenvalue weighted by Gasteiger charge is -2.15. The van der Waals surface area contributed by atoms with E-state index in [-0.39, 0.29) is 6.03 Å². The van der Waals surface area contributed by atoms with E-state index < -0.39 is 18.0 Å². The van der Waals surface area contributed by atoms with Gasteiger partial charge in [0.1, 0.15) is 6.04 Å². The quantitative estimate of drug-likeness (QED) is 0.572. The summed E-state index contributed by atoms with van der Waals surface area (Å²) in [6.07, 6.45) is 0. The van der Waals surface area contributed by atoms with Crippen molar-refractivity contribution in [2.75, 3.05) is 16.0 Å². The van der Waals surface area contributed by atoms with Gasteiger partial charge >= 0.3 is 12.1 Å². The van der Waals surface area contributed by atoms with E-state index in [0.717, 1.165) is 0 Å². The predicted octanol–water partition coefficient (Wildman–Crippen LogP) is 2.33. The number of nitrogens with one attached hydrogen (secondary N) is 4. The van der Waals surface area contributed by atoms with E-state index in [4.69, 9.17) is 5.73 Å². The highest BCUT2D eigenvalue weighted by atomic mass is 16.2. The number of imide groups is 1. The molecule has 0 aromatic heterocycles. The minimum absolute atomic E-state index is 0.386. The van der Waals surface area contributed by atoms with Crippen LogP contribution in [-0.2, 0) is 4.79 Å². The third-order valence-electron chi connectivity index (χ3n) is 3.17. The fourth-order valence-corrected chi connectivity index (χ4v) is 2.05. The molecular formula is C17H19N5O3. The largest absolute Gasteiger partial charge is 0.374 e. The topological polar surface area (TPSA) is 125 Å². The molecule has 0 unspecified atom stereocenters. The maximum atomic E-state index is 12.0. The Morgan fingerprint density at radius 2 is 1.48 bits per heavy atom.